The van der Waals surface area contributed by atoms with E-state index in [1.807, 2.05) is 36.0 Å². The van der Waals surface area contributed by atoms with Crippen LogP contribution in [0.15, 0.2) is 42.0 Å². The van der Waals surface area contributed by atoms with Crippen molar-refractivity contribution in [1.29, 1.82) is 0 Å². The molecule has 0 aromatic carbocycles. The van der Waals surface area contributed by atoms with Crippen molar-refractivity contribution >= 4 is 23.2 Å². The van der Waals surface area contributed by atoms with Gasteiger partial charge in [0, 0.05) is 32.0 Å². The molecule has 4 rings (SSSR count). The molecule has 6 nitrogen and oxygen atoms in total. The maximum absolute atomic E-state index is 12.5. The van der Waals surface area contributed by atoms with Crippen molar-refractivity contribution in [3.05, 3.63) is 52.5 Å². The highest BCUT2D eigenvalue weighted by Crippen LogP contribution is 2.41. The predicted octanol–water partition coefficient (Wildman–Crippen LogP) is 4.29. The summed E-state index contributed by atoms with van der Waals surface area (Å²) in [5, 5.41) is 9.11. The summed E-state index contributed by atoms with van der Waals surface area (Å²) in [6.07, 6.45) is 3.55. The molecule has 4 heterocycles. The molecule has 1 spiro atoms. The lowest BCUT2D eigenvalue weighted by Gasteiger charge is -2.46. The third-order valence-electron chi connectivity index (χ3n) is 6.13. The van der Waals surface area contributed by atoms with E-state index in [9.17, 15) is 18.0 Å². The highest BCUT2D eigenvalue weighted by molar-refractivity contribution is 7.12. The summed E-state index contributed by atoms with van der Waals surface area (Å²) in [6, 6.07) is 8.07. The molecule has 0 bridgehead atoms. The van der Waals surface area contributed by atoms with Crippen LogP contribution in [0.4, 0.5) is 13.2 Å². The van der Waals surface area contributed by atoms with Crippen LogP contribution in [0.1, 0.15) is 40.9 Å². The quantitative estimate of drug-likeness (QED) is 0.726. The highest BCUT2D eigenvalue weighted by Gasteiger charge is 2.39. The van der Waals surface area contributed by atoms with Crippen LogP contribution in [0.5, 0.6) is 0 Å². The largest absolute Gasteiger partial charge is 0.490 e. The number of likely N-dealkylation sites (tertiary alicyclic amines) is 2. The van der Waals surface area contributed by atoms with Crippen LogP contribution in [-0.4, -0.2) is 64.1 Å². The Kier molecular flexibility index (Phi) is 7.89. The van der Waals surface area contributed by atoms with Gasteiger partial charge in [-0.15, -0.1) is 11.3 Å². The molecule has 174 valence electrons. The van der Waals surface area contributed by atoms with E-state index >= 15 is 0 Å². The zero-order valence-corrected chi connectivity index (χ0v) is 18.4. The first-order valence-corrected chi connectivity index (χ1v) is 11.3. The maximum Gasteiger partial charge on any atom is 0.490 e. The van der Waals surface area contributed by atoms with E-state index < -0.39 is 12.1 Å². The minimum atomic E-state index is -5.08. The second-order valence-corrected chi connectivity index (χ2v) is 9.16. The number of carbonyl (C=O) groups excluding carboxylic acids is 1. The van der Waals surface area contributed by atoms with Gasteiger partial charge in [0.15, 0.2) is 0 Å². The zero-order chi connectivity index (χ0) is 23.2. The van der Waals surface area contributed by atoms with E-state index in [1.165, 1.54) is 18.4 Å². The van der Waals surface area contributed by atoms with Gasteiger partial charge in [-0.2, -0.15) is 13.2 Å². The third-order valence-corrected chi connectivity index (χ3v) is 6.99. The first-order valence-electron chi connectivity index (χ1n) is 10.4. The number of halogens is 3. The average Bonchev–Trinajstić information content (AvgIpc) is 3.31. The van der Waals surface area contributed by atoms with Gasteiger partial charge in [-0.3, -0.25) is 14.7 Å². The van der Waals surface area contributed by atoms with Crippen LogP contribution in [0, 0.1) is 5.41 Å². The fourth-order valence-electron chi connectivity index (χ4n) is 4.18. The molecule has 1 amide bonds. The lowest BCUT2D eigenvalue weighted by Crippen LogP contribution is -2.48. The van der Waals surface area contributed by atoms with Gasteiger partial charge >= 0.3 is 12.1 Å². The molecule has 2 saturated heterocycles. The number of nitrogens with zero attached hydrogens (tertiary/aromatic N) is 3. The molecule has 0 atom stereocenters. The van der Waals surface area contributed by atoms with E-state index in [-0.39, 0.29) is 5.91 Å². The number of carboxylic acids is 1. The molecule has 32 heavy (non-hydrogen) atoms. The Balaban J connectivity index is 0.000000360. The van der Waals surface area contributed by atoms with Crippen molar-refractivity contribution in [3.8, 4) is 0 Å². The number of aliphatic carboxylic acids is 1. The van der Waals surface area contributed by atoms with Crippen molar-refractivity contribution in [2.75, 3.05) is 26.2 Å². The summed E-state index contributed by atoms with van der Waals surface area (Å²) in [5.41, 5.74) is 1.76. The van der Waals surface area contributed by atoms with Crippen molar-refractivity contribution in [2.24, 2.45) is 5.41 Å². The van der Waals surface area contributed by atoms with Crippen LogP contribution in [0.3, 0.4) is 0 Å². The Labute approximate surface area is 188 Å². The maximum atomic E-state index is 12.5. The van der Waals surface area contributed by atoms with E-state index in [1.54, 1.807) is 11.3 Å². The van der Waals surface area contributed by atoms with Crippen LogP contribution in [0.2, 0.25) is 0 Å². The lowest BCUT2D eigenvalue weighted by atomic mass is 9.71. The predicted molar refractivity (Wildman–Crippen MR) is 114 cm³/mol. The second-order valence-electron chi connectivity index (χ2n) is 8.21. The number of thiophene rings is 1. The van der Waals surface area contributed by atoms with Gasteiger partial charge in [-0.05, 0) is 67.3 Å². The molecule has 2 aromatic heterocycles. The fraction of sp³-hybridized carbons (Fsp3) is 0.500. The zero-order valence-electron chi connectivity index (χ0n) is 17.6. The molecule has 10 heteroatoms. The van der Waals surface area contributed by atoms with Crippen LogP contribution in [-0.2, 0) is 11.3 Å². The summed E-state index contributed by atoms with van der Waals surface area (Å²) < 4.78 is 31.7. The summed E-state index contributed by atoms with van der Waals surface area (Å²) >= 11 is 1.55. The summed E-state index contributed by atoms with van der Waals surface area (Å²) in [7, 11) is 0. The van der Waals surface area contributed by atoms with Crippen LogP contribution < -0.4 is 0 Å². The second kappa shape index (κ2) is 10.4. The number of pyridine rings is 1. The summed E-state index contributed by atoms with van der Waals surface area (Å²) in [6.45, 7) is 5.16. The van der Waals surface area contributed by atoms with E-state index in [0.717, 1.165) is 50.4 Å². The lowest BCUT2D eigenvalue weighted by molar-refractivity contribution is -0.192. The van der Waals surface area contributed by atoms with Gasteiger partial charge < -0.3 is 10.0 Å². The summed E-state index contributed by atoms with van der Waals surface area (Å²) in [4.78, 5) is 31.1. The molecule has 2 aliphatic heterocycles. The normalized spacial score (nSPS) is 18.7. The Bertz CT molecular complexity index is 873. The van der Waals surface area contributed by atoms with Gasteiger partial charge in [-0.1, -0.05) is 12.1 Å². The SMILES string of the molecule is O=C(O)C(F)(F)F.O=C(c1cccs1)N1CCC2(CCN(Cc3cccnc3)CC2)CC1. The molecule has 0 saturated carbocycles. The third kappa shape index (κ3) is 6.52. The van der Waals surface area contributed by atoms with Gasteiger partial charge in [0.1, 0.15) is 0 Å². The molecule has 0 radical (unpaired) electrons. The molecule has 2 fully saturated rings. The van der Waals surface area contributed by atoms with E-state index in [4.69, 9.17) is 9.90 Å². The van der Waals surface area contributed by atoms with Gasteiger partial charge in [0.05, 0.1) is 4.88 Å². The number of rotatable bonds is 3. The number of alkyl halides is 3. The summed E-state index contributed by atoms with van der Waals surface area (Å²) in [5.74, 6) is -2.54. The smallest absolute Gasteiger partial charge is 0.475 e. The van der Waals surface area contributed by atoms with Gasteiger partial charge in [0.2, 0.25) is 0 Å². The number of carboxylic acid groups (broad SMARTS) is 1. The molecule has 0 aliphatic carbocycles. The van der Waals surface area contributed by atoms with Crippen LogP contribution >= 0.6 is 11.3 Å². The average molecular weight is 470 g/mol. The topological polar surface area (TPSA) is 73.7 Å². The monoisotopic (exact) mass is 469 g/mol. The van der Waals surface area contributed by atoms with E-state index in [0.29, 0.717) is 5.41 Å². The molecule has 0 unspecified atom stereocenters. The van der Waals surface area contributed by atoms with Gasteiger partial charge in [0.25, 0.3) is 5.91 Å². The minimum Gasteiger partial charge on any atom is -0.475 e. The van der Waals surface area contributed by atoms with Crippen molar-refractivity contribution in [3.63, 3.8) is 0 Å². The van der Waals surface area contributed by atoms with Crippen LogP contribution in [0.25, 0.3) is 0 Å². The Hall–Kier alpha value is -2.46. The highest BCUT2D eigenvalue weighted by atomic mass is 32.1. The van der Waals surface area contributed by atoms with Crippen molar-refractivity contribution in [2.45, 2.75) is 38.4 Å². The number of amides is 1. The fourth-order valence-corrected chi connectivity index (χ4v) is 4.87. The van der Waals surface area contributed by atoms with E-state index in [2.05, 4.69) is 20.9 Å². The number of aromatic nitrogens is 1. The molecule has 2 aromatic rings. The molecule has 2 aliphatic rings. The first kappa shape index (κ1) is 24.2. The van der Waals surface area contributed by atoms with Gasteiger partial charge in [-0.25, -0.2) is 4.79 Å². The standard InChI is InChI=1S/C20H25N3OS.C2HF3O2/c24-19(18-4-2-14-25-18)23-12-7-20(8-13-23)5-10-22(11-6-20)16-17-3-1-9-21-15-17;3-2(4,5)1(6)7/h1-4,9,14-15H,5-8,10-13,16H2;(H,6,7). The number of piperidine rings is 2. The number of hydrogen-bond acceptors (Lipinski definition) is 5. The number of hydrogen-bond donors (Lipinski definition) is 1. The Morgan fingerprint density at radius 1 is 1.06 bits per heavy atom. The van der Waals surface area contributed by atoms with Crippen molar-refractivity contribution < 1.29 is 27.9 Å². The first-order chi connectivity index (χ1) is 15.2. The minimum absolute atomic E-state index is 0.221. The number of carbonyl (C=O) groups is 2. The molecular weight excluding hydrogens is 443 g/mol. The Morgan fingerprint density at radius 3 is 2.19 bits per heavy atom. The molecular formula is C22H26F3N3O3S. The Morgan fingerprint density at radius 2 is 1.69 bits per heavy atom. The van der Waals surface area contributed by atoms with Crippen molar-refractivity contribution in [1.82, 2.24) is 14.8 Å². The molecule has 1 N–H and O–H groups in total.